The molecule has 1 fully saturated rings. The summed E-state index contributed by atoms with van der Waals surface area (Å²) in [6.45, 7) is 10.8. The van der Waals surface area contributed by atoms with E-state index in [1.807, 2.05) is 0 Å². The third kappa shape index (κ3) is 1.33. The maximum Gasteiger partial charge on any atom is 0.147 e. The van der Waals surface area contributed by atoms with E-state index in [1.54, 1.807) is 0 Å². The molecule has 0 aromatic carbocycles. The smallest absolute Gasteiger partial charge is 0.147 e. The van der Waals surface area contributed by atoms with Gasteiger partial charge in [-0.1, -0.05) is 29.7 Å². The van der Waals surface area contributed by atoms with Gasteiger partial charge in [0.15, 0.2) is 0 Å². The SMILES string of the molecule is C/C=C1/[C@@H](C)[C@H]2CC(C)=C(C)C[C@@]1(C)C2=O. The monoisotopic (exact) mass is 218 g/mol. The highest BCUT2D eigenvalue weighted by Gasteiger charge is 2.52. The summed E-state index contributed by atoms with van der Waals surface area (Å²) in [5.41, 5.74) is 4.02. The summed E-state index contributed by atoms with van der Waals surface area (Å²) in [5.74, 6) is 1.14. The normalized spacial score (nSPS) is 41.8. The Balaban J connectivity index is 2.56. The molecule has 1 saturated carbocycles. The minimum Gasteiger partial charge on any atom is -0.298 e. The number of fused-ring (bicyclic) bond motifs is 2. The fraction of sp³-hybridized carbons (Fsp3) is 0.667. The predicted molar refractivity (Wildman–Crippen MR) is 67.1 cm³/mol. The zero-order valence-electron chi connectivity index (χ0n) is 11.1. The fourth-order valence-corrected chi connectivity index (χ4v) is 3.72. The summed E-state index contributed by atoms with van der Waals surface area (Å²) >= 11 is 0. The van der Waals surface area contributed by atoms with Gasteiger partial charge < -0.3 is 0 Å². The summed E-state index contributed by atoms with van der Waals surface area (Å²) < 4.78 is 0. The van der Waals surface area contributed by atoms with E-state index in [1.165, 1.54) is 16.7 Å². The van der Waals surface area contributed by atoms with Crippen LogP contribution in [0.15, 0.2) is 22.8 Å². The molecule has 2 bridgehead atoms. The van der Waals surface area contributed by atoms with Gasteiger partial charge in [-0.15, -0.1) is 0 Å². The first-order valence-electron chi connectivity index (χ1n) is 6.28. The van der Waals surface area contributed by atoms with Crippen LogP contribution >= 0.6 is 0 Å². The molecule has 1 heteroatoms. The van der Waals surface area contributed by atoms with Crippen LogP contribution < -0.4 is 0 Å². The van der Waals surface area contributed by atoms with Crippen LogP contribution in [-0.2, 0) is 4.79 Å². The van der Waals surface area contributed by atoms with E-state index in [9.17, 15) is 4.79 Å². The van der Waals surface area contributed by atoms with E-state index in [-0.39, 0.29) is 11.3 Å². The molecule has 0 heterocycles. The molecule has 3 atom stereocenters. The van der Waals surface area contributed by atoms with Gasteiger partial charge >= 0.3 is 0 Å². The maximum atomic E-state index is 12.5. The highest BCUT2D eigenvalue weighted by atomic mass is 16.1. The van der Waals surface area contributed by atoms with Gasteiger partial charge in [-0.05, 0) is 46.5 Å². The Bertz CT molecular complexity index is 400. The molecule has 16 heavy (non-hydrogen) atoms. The molecule has 0 aliphatic heterocycles. The van der Waals surface area contributed by atoms with Gasteiger partial charge in [-0.3, -0.25) is 4.79 Å². The van der Waals surface area contributed by atoms with Gasteiger partial charge in [0.2, 0.25) is 0 Å². The van der Waals surface area contributed by atoms with Gasteiger partial charge in [0.25, 0.3) is 0 Å². The number of hydrogen-bond acceptors (Lipinski definition) is 1. The van der Waals surface area contributed by atoms with Crippen LogP contribution in [-0.4, -0.2) is 5.78 Å². The molecule has 0 saturated heterocycles. The van der Waals surface area contributed by atoms with Crippen LogP contribution in [0, 0.1) is 17.3 Å². The molecule has 0 unspecified atom stereocenters. The number of carbonyl (C=O) groups excluding carboxylic acids is 1. The fourth-order valence-electron chi connectivity index (χ4n) is 3.72. The van der Waals surface area contributed by atoms with Crippen LogP contribution in [0.5, 0.6) is 0 Å². The molecule has 2 rings (SSSR count). The predicted octanol–water partition coefficient (Wildman–Crippen LogP) is 3.90. The molecule has 0 N–H and O–H groups in total. The lowest BCUT2D eigenvalue weighted by atomic mass is 9.76. The van der Waals surface area contributed by atoms with E-state index in [0.717, 1.165) is 12.8 Å². The topological polar surface area (TPSA) is 17.1 Å². The number of carbonyl (C=O) groups is 1. The van der Waals surface area contributed by atoms with Gasteiger partial charge in [0.1, 0.15) is 5.78 Å². The second-order valence-electron chi connectivity index (χ2n) is 5.78. The van der Waals surface area contributed by atoms with E-state index in [0.29, 0.717) is 11.7 Å². The number of allylic oxidation sites excluding steroid dienone is 4. The quantitative estimate of drug-likeness (QED) is 0.563. The Kier molecular flexibility index (Phi) is 2.60. The first-order chi connectivity index (χ1) is 7.41. The van der Waals surface area contributed by atoms with Crippen molar-refractivity contribution in [1.29, 1.82) is 0 Å². The van der Waals surface area contributed by atoms with Crippen LogP contribution in [0.25, 0.3) is 0 Å². The molecular weight excluding hydrogens is 196 g/mol. The summed E-state index contributed by atoms with van der Waals surface area (Å²) in [6.07, 6.45) is 4.08. The van der Waals surface area contributed by atoms with Crippen molar-refractivity contribution in [3.63, 3.8) is 0 Å². The molecule has 2 aliphatic carbocycles. The molecule has 2 aliphatic rings. The number of rotatable bonds is 0. The Morgan fingerprint density at radius 2 is 1.94 bits per heavy atom. The first kappa shape index (κ1) is 11.6. The van der Waals surface area contributed by atoms with Crippen molar-refractivity contribution in [2.45, 2.75) is 47.5 Å². The Hall–Kier alpha value is -0.850. The van der Waals surface area contributed by atoms with Crippen LogP contribution in [0.3, 0.4) is 0 Å². The summed E-state index contributed by atoms with van der Waals surface area (Å²) in [6, 6.07) is 0. The zero-order chi connectivity index (χ0) is 12.1. The summed E-state index contributed by atoms with van der Waals surface area (Å²) in [7, 11) is 0. The van der Waals surface area contributed by atoms with E-state index < -0.39 is 0 Å². The lowest BCUT2D eigenvalue weighted by Crippen LogP contribution is -2.25. The molecule has 0 aromatic heterocycles. The minimum atomic E-state index is -0.208. The number of hydrogen-bond donors (Lipinski definition) is 0. The van der Waals surface area contributed by atoms with Crippen LogP contribution in [0.4, 0.5) is 0 Å². The molecule has 88 valence electrons. The molecule has 0 amide bonds. The highest BCUT2D eigenvalue weighted by Crippen LogP contribution is 2.54. The van der Waals surface area contributed by atoms with Crippen molar-refractivity contribution < 1.29 is 4.79 Å². The van der Waals surface area contributed by atoms with Crippen molar-refractivity contribution in [2.24, 2.45) is 17.3 Å². The Labute approximate surface area is 98.6 Å². The average Bonchev–Trinajstić information content (AvgIpc) is 2.33. The molecule has 1 nitrogen and oxygen atoms in total. The number of ketones is 1. The summed E-state index contributed by atoms with van der Waals surface area (Å²) in [5, 5.41) is 0. The van der Waals surface area contributed by atoms with Crippen LogP contribution in [0.1, 0.15) is 47.5 Å². The second kappa shape index (κ2) is 3.58. The van der Waals surface area contributed by atoms with Crippen molar-refractivity contribution >= 4 is 5.78 Å². The van der Waals surface area contributed by atoms with Crippen molar-refractivity contribution in [3.8, 4) is 0 Å². The number of Topliss-reactive ketones (excluding diaryl/α,β-unsaturated/α-hetero) is 1. The lowest BCUT2D eigenvalue weighted by molar-refractivity contribution is -0.127. The lowest BCUT2D eigenvalue weighted by Gasteiger charge is -2.26. The van der Waals surface area contributed by atoms with Crippen molar-refractivity contribution in [3.05, 3.63) is 22.8 Å². The van der Waals surface area contributed by atoms with Crippen molar-refractivity contribution in [1.82, 2.24) is 0 Å². The highest BCUT2D eigenvalue weighted by molar-refractivity contribution is 5.94. The van der Waals surface area contributed by atoms with E-state index >= 15 is 0 Å². The third-order valence-electron chi connectivity index (χ3n) is 4.80. The van der Waals surface area contributed by atoms with Gasteiger partial charge in [0.05, 0.1) is 5.41 Å². The van der Waals surface area contributed by atoms with E-state index in [4.69, 9.17) is 0 Å². The van der Waals surface area contributed by atoms with Gasteiger partial charge in [-0.2, -0.15) is 0 Å². The van der Waals surface area contributed by atoms with Gasteiger partial charge in [0, 0.05) is 5.92 Å². The Morgan fingerprint density at radius 3 is 2.50 bits per heavy atom. The first-order valence-corrected chi connectivity index (χ1v) is 6.28. The van der Waals surface area contributed by atoms with Crippen LogP contribution in [0.2, 0.25) is 0 Å². The molecule has 0 aromatic rings. The third-order valence-corrected chi connectivity index (χ3v) is 4.80. The maximum absolute atomic E-state index is 12.5. The summed E-state index contributed by atoms with van der Waals surface area (Å²) in [4.78, 5) is 12.5. The average molecular weight is 218 g/mol. The molecule has 0 spiro atoms. The Morgan fingerprint density at radius 1 is 1.31 bits per heavy atom. The minimum absolute atomic E-state index is 0.208. The zero-order valence-corrected chi connectivity index (χ0v) is 11.1. The van der Waals surface area contributed by atoms with Gasteiger partial charge in [-0.25, -0.2) is 0 Å². The molecular formula is C15H22O. The molecule has 0 radical (unpaired) electrons. The largest absolute Gasteiger partial charge is 0.298 e. The van der Waals surface area contributed by atoms with Crippen molar-refractivity contribution in [2.75, 3.05) is 0 Å². The van der Waals surface area contributed by atoms with E-state index in [2.05, 4.69) is 40.7 Å². The second-order valence-corrected chi connectivity index (χ2v) is 5.78. The standard InChI is InChI=1S/C15H22O/c1-6-13-11(4)12-7-9(2)10(3)8-15(13,5)14(12)16/h6,11-12H,7-8H2,1-5H3/b13-6-/t11-,12+,15+/m0/s1.